The van der Waals surface area contributed by atoms with Crippen molar-refractivity contribution in [2.75, 3.05) is 13.1 Å². The van der Waals surface area contributed by atoms with Crippen LogP contribution < -0.4 is 5.73 Å². The molecule has 0 spiro atoms. The van der Waals surface area contributed by atoms with Gasteiger partial charge in [0.1, 0.15) is 6.54 Å². The van der Waals surface area contributed by atoms with Gasteiger partial charge in [-0.3, -0.25) is 4.79 Å². The number of nitrogens with two attached hydrogens (primary N) is 1. The summed E-state index contributed by atoms with van der Waals surface area (Å²) in [4.78, 5) is 13.0. The Kier molecular flexibility index (Phi) is 6.68. The Morgan fingerprint density at radius 3 is 2.38 bits per heavy atom. The molecule has 0 aromatic heterocycles. The van der Waals surface area contributed by atoms with Crippen molar-refractivity contribution in [2.24, 2.45) is 5.73 Å². The molecule has 1 aromatic rings. The molecule has 0 aliphatic carbocycles. The summed E-state index contributed by atoms with van der Waals surface area (Å²) >= 11 is 0. The van der Waals surface area contributed by atoms with Crippen LogP contribution in [0.5, 0.6) is 0 Å². The maximum Gasteiger partial charge on any atom is 0.406 e. The number of alkyl halides is 3. The third-order valence-electron chi connectivity index (χ3n) is 3.18. The quantitative estimate of drug-likeness (QED) is 0.842. The summed E-state index contributed by atoms with van der Waals surface area (Å²) in [6.45, 7) is 1.06. The van der Waals surface area contributed by atoms with E-state index in [1.165, 1.54) is 0 Å². The normalized spacial score (nSPS) is 11.5. The van der Waals surface area contributed by atoms with E-state index in [9.17, 15) is 18.0 Å². The lowest BCUT2D eigenvalue weighted by molar-refractivity contribution is -0.160. The SMILES string of the molecule is CCCCN(CC(F)(F)F)C(=O)Cc1ccccc1CN. The van der Waals surface area contributed by atoms with E-state index >= 15 is 0 Å². The molecule has 0 bridgehead atoms. The number of unbranched alkanes of at least 4 members (excludes halogenated alkanes) is 1. The van der Waals surface area contributed by atoms with Crippen LogP contribution in [0.4, 0.5) is 13.2 Å². The number of carbonyl (C=O) groups excluding carboxylic acids is 1. The summed E-state index contributed by atoms with van der Waals surface area (Å²) in [5.74, 6) is -0.512. The number of hydrogen-bond donors (Lipinski definition) is 1. The summed E-state index contributed by atoms with van der Waals surface area (Å²) in [5, 5.41) is 0. The molecule has 6 heteroatoms. The van der Waals surface area contributed by atoms with Crippen LogP contribution in [-0.4, -0.2) is 30.1 Å². The first-order chi connectivity index (χ1) is 9.87. The van der Waals surface area contributed by atoms with Gasteiger partial charge in [0, 0.05) is 13.1 Å². The van der Waals surface area contributed by atoms with Crippen molar-refractivity contribution in [3.05, 3.63) is 35.4 Å². The third kappa shape index (κ3) is 6.16. The predicted molar refractivity (Wildman–Crippen MR) is 75.6 cm³/mol. The zero-order valence-electron chi connectivity index (χ0n) is 12.1. The van der Waals surface area contributed by atoms with Gasteiger partial charge in [0.2, 0.25) is 5.91 Å². The largest absolute Gasteiger partial charge is 0.406 e. The Morgan fingerprint density at radius 2 is 1.86 bits per heavy atom. The third-order valence-corrected chi connectivity index (χ3v) is 3.18. The van der Waals surface area contributed by atoms with E-state index in [4.69, 9.17) is 5.73 Å². The van der Waals surface area contributed by atoms with Crippen molar-refractivity contribution in [2.45, 2.75) is 38.9 Å². The topological polar surface area (TPSA) is 46.3 Å². The minimum atomic E-state index is -4.38. The second-order valence-corrected chi connectivity index (χ2v) is 4.93. The lowest BCUT2D eigenvalue weighted by Gasteiger charge is -2.24. The molecule has 0 aliphatic rings. The van der Waals surface area contributed by atoms with E-state index in [1.54, 1.807) is 24.3 Å². The van der Waals surface area contributed by atoms with Crippen molar-refractivity contribution >= 4 is 5.91 Å². The maximum atomic E-state index is 12.6. The van der Waals surface area contributed by atoms with Gasteiger partial charge >= 0.3 is 6.18 Å². The molecular formula is C15H21F3N2O. The van der Waals surface area contributed by atoms with Gasteiger partial charge in [-0.2, -0.15) is 13.2 Å². The summed E-state index contributed by atoms with van der Waals surface area (Å²) < 4.78 is 37.7. The van der Waals surface area contributed by atoms with Crippen LogP contribution in [0.15, 0.2) is 24.3 Å². The molecule has 2 N–H and O–H groups in total. The summed E-state index contributed by atoms with van der Waals surface area (Å²) in [5.41, 5.74) is 7.05. The number of benzene rings is 1. The molecule has 1 rings (SSSR count). The number of amides is 1. The van der Waals surface area contributed by atoms with Gasteiger partial charge in [0.15, 0.2) is 0 Å². The summed E-state index contributed by atoms with van der Waals surface area (Å²) in [6, 6.07) is 7.05. The average Bonchev–Trinajstić information content (AvgIpc) is 2.42. The maximum absolute atomic E-state index is 12.6. The zero-order chi connectivity index (χ0) is 15.9. The molecule has 0 unspecified atom stereocenters. The van der Waals surface area contributed by atoms with Gasteiger partial charge in [0.25, 0.3) is 0 Å². The second-order valence-electron chi connectivity index (χ2n) is 4.93. The number of halogens is 3. The van der Waals surface area contributed by atoms with Gasteiger partial charge in [-0.1, -0.05) is 37.6 Å². The van der Waals surface area contributed by atoms with Crippen molar-refractivity contribution in [3.8, 4) is 0 Å². The lowest BCUT2D eigenvalue weighted by atomic mass is 10.0. The van der Waals surface area contributed by atoms with Gasteiger partial charge in [-0.15, -0.1) is 0 Å². The average molecular weight is 302 g/mol. The van der Waals surface area contributed by atoms with Crippen molar-refractivity contribution in [3.63, 3.8) is 0 Å². The highest BCUT2D eigenvalue weighted by Gasteiger charge is 2.32. The molecule has 21 heavy (non-hydrogen) atoms. The first-order valence-electron chi connectivity index (χ1n) is 6.98. The predicted octanol–water partition coefficient (Wildman–Crippen LogP) is 2.88. The molecule has 0 fully saturated rings. The fourth-order valence-electron chi connectivity index (χ4n) is 2.06. The summed E-state index contributed by atoms with van der Waals surface area (Å²) in [6.07, 6.45) is -3.13. The number of nitrogens with zero attached hydrogens (tertiary/aromatic N) is 1. The van der Waals surface area contributed by atoms with Gasteiger partial charge in [0.05, 0.1) is 6.42 Å². The van der Waals surface area contributed by atoms with Gasteiger partial charge < -0.3 is 10.6 Å². The zero-order valence-corrected chi connectivity index (χ0v) is 12.1. The Bertz CT molecular complexity index is 460. The Balaban J connectivity index is 2.80. The van der Waals surface area contributed by atoms with Gasteiger partial charge in [-0.05, 0) is 17.5 Å². The summed E-state index contributed by atoms with van der Waals surface area (Å²) in [7, 11) is 0. The molecule has 3 nitrogen and oxygen atoms in total. The molecule has 0 saturated heterocycles. The highest BCUT2D eigenvalue weighted by atomic mass is 19.4. The van der Waals surface area contributed by atoms with Crippen LogP contribution >= 0.6 is 0 Å². The van der Waals surface area contributed by atoms with Crippen molar-refractivity contribution in [1.82, 2.24) is 4.90 Å². The fourth-order valence-corrected chi connectivity index (χ4v) is 2.06. The number of carbonyl (C=O) groups is 1. The molecule has 118 valence electrons. The van der Waals surface area contributed by atoms with E-state index in [-0.39, 0.29) is 19.5 Å². The van der Waals surface area contributed by atoms with Crippen LogP contribution in [0.3, 0.4) is 0 Å². The Morgan fingerprint density at radius 1 is 1.24 bits per heavy atom. The first kappa shape index (κ1) is 17.5. The van der Waals surface area contributed by atoms with Crippen molar-refractivity contribution in [1.29, 1.82) is 0 Å². The molecule has 1 aromatic carbocycles. The lowest BCUT2D eigenvalue weighted by Crippen LogP contribution is -2.40. The van der Waals surface area contributed by atoms with Crippen LogP contribution in [0.25, 0.3) is 0 Å². The second kappa shape index (κ2) is 8.02. The van der Waals surface area contributed by atoms with Crippen LogP contribution in [0.2, 0.25) is 0 Å². The van der Waals surface area contributed by atoms with Crippen LogP contribution in [-0.2, 0) is 17.8 Å². The monoisotopic (exact) mass is 302 g/mol. The van der Waals surface area contributed by atoms with E-state index in [2.05, 4.69) is 0 Å². The van der Waals surface area contributed by atoms with E-state index < -0.39 is 18.6 Å². The minimum Gasteiger partial charge on any atom is -0.333 e. The molecule has 0 atom stereocenters. The first-order valence-corrected chi connectivity index (χ1v) is 6.98. The Labute approximate surface area is 122 Å². The molecule has 0 heterocycles. The molecular weight excluding hydrogens is 281 g/mol. The van der Waals surface area contributed by atoms with Gasteiger partial charge in [-0.25, -0.2) is 0 Å². The number of rotatable bonds is 7. The highest BCUT2D eigenvalue weighted by Crippen LogP contribution is 2.18. The van der Waals surface area contributed by atoms with E-state index in [0.717, 1.165) is 16.9 Å². The van der Waals surface area contributed by atoms with Crippen molar-refractivity contribution < 1.29 is 18.0 Å². The molecule has 0 radical (unpaired) electrons. The Hall–Kier alpha value is -1.56. The van der Waals surface area contributed by atoms with E-state index in [1.807, 2.05) is 6.92 Å². The fraction of sp³-hybridized carbons (Fsp3) is 0.533. The smallest absolute Gasteiger partial charge is 0.333 e. The number of hydrogen-bond acceptors (Lipinski definition) is 2. The van der Waals surface area contributed by atoms with E-state index in [0.29, 0.717) is 12.0 Å². The van der Waals surface area contributed by atoms with Crippen LogP contribution in [0.1, 0.15) is 30.9 Å². The highest BCUT2D eigenvalue weighted by molar-refractivity contribution is 5.79. The molecule has 0 aliphatic heterocycles. The van der Waals surface area contributed by atoms with Crippen LogP contribution in [0, 0.1) is 0 Å². The molecule has 1 amide bonds. The standard InChI is InChI=1S/C15H21F3N2O/c1-2-3-8-20(11-15(16,17)18)14(21)9-12-6-4-5-7-13(12)10-19/h4-7H,2-3,8-11,19H2,1H3. The molecule has 0 saturated carbocycles. The minimum absolute atomic E-state index is 0.0484.